The van der Waals surface area contributed by atoms with E-state index in [9.17, 15) is 9.90 Å². The van der Waals surface area contributed by atoms with Gasteiger partial charge in [-0.15, -0.1) is 0 Å². The summed E-state index contributed by atoms with van der Waals surface area (Å²) in [6.07, 6.45) is 5.08. The maximum atomic E-state index is 12.3. The number of ether oxygens (including phenoxy) is 1. The first-order valence-electron chi connectivity index (χ1n) is 9.25. The predicted molar refractivity (Wildman–Crippen MR) is 94.7 cm³/mol. The summed E-state index contributed by atoms with van der Waals surface area (Å²) in [5.74, 6) is 0.328. The van der Waals surface area contributed by atoms with Crippen molar-refractivity contribution in [1.29, 1.82) is 0 Å². The highest BCUT2D eigenvalue weighted by atomic mass is 16.5. The Hall–Kier alpha value is -1.35. The molecule has 24 heavy (non-hydrogen) atoms. The van der Waals surface area contributed by atoms with Crippen LogP contribution in [0.2, 0.25) is 0 Å². The highest BCUT2D eigenvalue weighted by molar-refractivity contribution is 5.89. The first kappa shape index (κ1) is 17.5. The molecule has 132 valence electrons. The zero-order valence-corrected chi connectivity index (χ0v) is 15.1. The number of hydrogen-bond donors (Lipinski definition) is 1. The van der Waals surface area contributed by atoms with Gasteiger partial charge in [-0.2, -0.15) is 0 Å². The molecule has 2 saturated carbocycles. The third-order valence-electron chi connectivity index (χ3n) is 6.74. The number of rotatable bonds is 3. The van der Waals surface area contributed by atoms with Gasteiger partial charge < -0.3 is 9.84 Å². The van der Waals surface area contributed by atoms with E-state index in [1.807, 2.05) is 18.2 Å². The van der Waals surface area contributed by atoms with Crippen LogP contribution in [0.4, 0.5) is 0 Å². The van der Waals surface area contributed by atoms with Crippen molar-refractivity contribution in [2.75, 3.05) is 6.61 Å². The van der Waals surface area contributed by atoms with E-state index in [1.165, 1.54) is 12.8 Å². The zero-order valence-electron chi connectivity index (χ0n) is 15.1. The van der Waals surface area contributed by atoms with Gasteiger partial charge in [0.2, 0.25) is 0 Å². The molecule has 2 fully saturated rings. The fraction of sp³-hybridized carbons (Fsp3) is 0.667. The van der Waals surface area contributed by atoms with Crippen LogP contribution in [-0.4, -0.2) is 23.8 Å². The minimum atomic E-state index is -0.372. The van der Waals surface area contributed by atoms with E-state index in [0.717, 1.165) is 19.3 Å². The Bertz CT molecular complexity index is 580. The van der Waals surface area contributed by atoms with Crippen LogP contribution in [0.15, 0.2) is 30.3 Å². The van der Waals surface area contributed by atoms with E-state index >= 15 is 0 Å². The molecule has 0 radical (unpaired) electrons. The van der Waals surface area contributed by atoms with Crippen molar-refractivity contribution in [1.82, 2.24) is 0 Å². The van der Waals surface area contributed by atoms with Gasteiger partial charge >= 0.3 is 5.97 Å². The lowest BCUT2D eigenvalue weighted by Gasteiger charge is -2.58. The van der Waals surface area contributed by atoms with E-state index in [4.69, 9.17) is 4.74 Å². The number of carbonyl (C=O) groups is 1. The maximum absolute atomic E-state index is 12.3. The first-order chi connectivity index (χ1) is 11.3. The van der Waals surface area contributed by atoms with Gasteiger partial charge in [0.05, 0.1) is 18.3 Å². The molecule has 0 aliphatic heterocycles. The molecule has 1 aromatic rings. The highest BCUT2D eigenvalue weighted by Crippen LogP contribution is 2.59. The minimum Gasteiger partial charge on any atom is -0.462 e. The Morgan fingerprint density at radius 3 is 2.58 bits per heavy atom. The van der Waals surface area contributed by atoms with Crippen LogP contribution in [0.3, 0.4) is 0 Å². The molecule has 0 bridgehead atoms. The molecular weight excluding hydrogens is 300 g/mol. The molecule has 3 rings (SSSR count). The second-order valence-electron chi connectivity index (χ2n) is 8.62. The van der Waals surface area contributed by atoms with Crippen LogP contribution in [0, 0.1) is 22.7 Å². The molecule has 0 unspecified atom stereocenters. The number of fused-ring (bicyclic) bond motifs is 1. The highest BCUT2D eigenvalue weighted by Gasteiger charge is 2.54. The Balaban J connectivity index is 1.74. The molecule has 1 N–H and O–H groups in total. The molecule has 0 spiro atoms. The monoisotopic (exact) mass is 330 g/mol. The standard InChI is InChI=1S/C21H30O3/c1-20(2)12-7-13-21(3)16(17(22)10-11-18(20)21)14-24-19(23)15-8-5-4-6-9-15/h4-6,8-9,16-18,22H,7,10-14H2,1-3H3/t16-,17+,18-,21+/m0/s1. The average Bonchev–Trinajstić information content (AvgIpc) is 2.54. The zero-order chi connectivity index (χ0) is 17.4. The smallest absolute Gasteiger partial charge is 0.338 e. The fourth-order valence-corrected chi connectivity index (χ4v) is 5.43. The van der Waals surface area contributed by atoms with Crippen molar-refractivity contribution in [3.63, 3.8) is 0 Å². The Kier molecular flexibility index (Phi) is 4.74. The predicted octanol–water partition coefficient (Wildman–Crippen LogP) is 4.45. The molecule has 2 aliphatic rings. The molecule has 3 heteroatoms. The van der Waals surface area contributed by atoms with E-state index in [-0.39, 0.29) is 23.4 Å². The first-order valence-corrected chi connectivity index (χ1v) is 9.25. The van der Waals surface area contributed by atoms with Gasteiger partial charge in [0, 0.05) is 5.92 Å². The van der Waals surface area contributed by atoms with Crippen molar-refractivity contribution in [2.45, 2.75) is 59.0 Å². The average molecular weight is 330 g/mol. The number of esters is 1. The lowest BCUT2D eigenvalue weighted by Crippen LogP contribution is -2.54. The summed E-state index contributed by atoms with van der Waals surface area (Å²) in [6, 6.07) is 9.11. The van der Waals surface area contributed by atoms with Crippen molar-refractivity contribution in [3.05, 3.63) is 35.9 Å². The SMILES string of the molecule is CC1(C)CCC[C@]2(C)[C@@H](COC(=O)c3ccccc3)[C@H](O)CC[C@@H]12. The van der Waals surface area contributed by atoms with Gasteiger partial charge in [0.25, 0.3) is 0 Å². The second-order valence-corrected chi connectivity index (χ2v) is 8.62. The molecule has 0 saturated heterocycles. The van der Waals surface area contributed by atoms with Crippen molar-refractivity contribution >= 4 is 5.97 Å². The van der Waals surface area contributed by atoms with E-state index in [1.54, 1.807) is 12.1 Å². The third-order valence-corrected chi connectivity index (χ3v) is 6.74. The molecule has 0 amide bonds. The summed E-state index contributed by atoms with van der Waals surface area (Å²) >= 11 is 0. The molecule has 0 heterocycles. The van der Waals surface area contributed by atoms with Crippen LogP contribution >= 0.6 is 0 Å². The van der Waals surface area contributed by atoms with Crippen LogP contribution < -0.4 is 0 Å². The Morgan fingerprint density at radius 2 is 1.88 bits per heavy atom. The lowest BCUT2D eigenvalue weighted by atomic mass is 9.48. The fourth-order valence-electron chi connectivity index (χ4n) is 5.43. The van der Waals surface area contributed by atoms with Gasteiger partial charge in [-0.05, 0) is 54.6 Å². The van der Waals surface area contributed by atoms with E-state index in [0.29, 0.717) is 23.5 Å². The molecule has 4 atom stereocenters. The molecular formula is C21H30O3. The minimum absolute atomic E-state index is 0.0310. The van der Waals surface area contributed by atoms with Crippen molar-refractivity contribution < 1.29 is 14.6 Å². The third kappa shape index (κ3) is 3.11. The summed E-state index contributed by atoms with van der Waals surface area (Å²) in [5, 5.41) is 10.6. The lowest BCUT2D eigenvalue weighted by molar-refractivity contribution is -0.137. The normalized spacial score (nSPS) is 35.1. The van der Waals surface area contributed by atoms with Gasteiger partial charge in [-0.25, -0.2) is 4.79 Å². The summed E-state index contributed by atoms with van der Waals surface area (Å²) in [6.45, 7) is 7.35. The second kappa shape index (κ2) is 6.51. The summed E-state index contributed by atoms with van der Waals surface area (Å²) in [5.41, 5.74) is 0.930. The molecule has 2 aliphatic carbocycles. The maximum Gasteiger partial charge on any atom is 0.338 e. The van der Waals surface area contributed by atoms with E-state index < -0.39 is 0 Å². The molecule has 3 nitrogen and oxygen atoms in total. The summed E-state index contributed by atoms with van der Waals surface area (Å²) in [4.78, 5) is 12.3. The van der Waals surface area contributed by atoms with Crippen molar-refractivity contribution in [2.24, 2.45) is 22.7 Å². The van der Waals surface area contributed by atoms with Crippen LogP contribution in [-0.2, 0) is 4.74 Å². The van der Waals surface area contributed by atoms with Crippen LogP contribution in [0.25, 0.3) is 0 Å². The van der Waals surface area contributed by atoms with Gasteiger partial charge in [0.15, 0.2) is 0 Å². The molecule has 1 aromatic carbocycles. The van der Waals surface area contributed by atoms with Crippen LogP contribution in [0.1, 0.15) is 63.2 Å². The quantitative estimate of drug-likeness (QED) is 0.833. The van der Waals surface area contributed by atoms with Crippen LogP contribution in [0.5, 0.6) is 0 Å². The number of aliphatic hydroxyl groups is 1. The molecule has 0 aromatic heterocycles. The number of benzene rings is 1. The topological polar surface area (TPSA) is 46.5 Å². The van der Waals surface area contributed by atoms with Gasteiger partial charge in [0.1, 0.15) is 0 Å². The number of carbonyl (C=O) groups excluding carboxylic acids is 1. The summed E-state index contributed by atoms with van der Waals surface area (Å²) < 4.78 is 5.62. The van der Waals surface area contributed by atoms with Crippen molar-refractivity contribution in [3.8, 4) is 0 Å². The number of hydrogen-bond acceptors (Lipinski definition) is 3. The Morgan fingerprint density at radius 1 is 1.17 bits per heavy atom. The van der Waals surface area contributed by atoms with Gasteiger partial charge in [-0.3, -0.25) is 0 Å². The number of aliphatic hydroxyl groups excluding tert-OH is 1. The van der Waals surface area contributed by atoms with E-state index in [2.05, 4.69) is 20.8 Å². The largest absolute Gasteiger partial charge is 0.462 e. The Labute approximate surface area is 145 Å². The summed E-state index contributed by atoms with van der Waals surface area (Å²) in [7, 11) is 0. The van der Waals surface area contributed by atoms with Gasteiger partial charge in [-0.1, -0.05) is 45.4 Å².